The summed E-state index contributed by atoms with van der Waals surface area (Å²) in [5.74, 6) is 0.116. The lowest BCUT2D eigenvalue weighted by Gasteiger charge is -2.09. The van der Waals surface area contributed by atoms with Crippen LogP contribution in [-0.2, 0) is 4.79 Å². The Morgan fingerprint density at radius 3 is 2.14 bits per heavy atom. The summed E-state index contributed by atoms with van der Waals surface area (Å²) in [6, 6.07) is 0. The Bertz CT molecular complexity index is 271. The maximum absolute atomic E-state index is 10.4. The number of rotatable bonds is 16. The molecule has 0 radical (unpaired) electrons. The van der Waals surface area contributed by atoms with Crippen molar-refractivity contribution in [3.63, 3.8) is 0 Å². The topological polar surface area (TPSA) is 37.3 Å². The molecular weight excluding hydrogens is 272 g/mol. The van der Waals surface area contributed by atoms with Gasteiger partial charge in [-0.2, -0.15) is 0 Å². The van der Waals surface area contributed by atoms with Crippen molar-refractivity contribution < 1.29 is 9.90 Å². The van der Waals surface area contributed by atoms with E-state index in [1.165, 1.54) is 70.6 Å². The van der Waals surface area contributed by atoms with Crippen molar-refractivity contribution >= 4 is 5.97 Å². The van der Waals surface area contributed by atoms with E-state index >= 15 is 0 Å². The summed E-state index contributed by atoms with van der Waals surface area (Å²) in [7, 11) is 0. The number of carboxylic acid groups (broad SMARTS) is 1. The van der Waals surface area contributed by atoms with Crippen LogP contribution in [0, 0.1) is 5.92 Å². The second-order valence-corrected chi connectivity index (χ2v) is 6.50. The molecule has 0 bridgehead atoms. The van der Waals surface area contributed by atoms with Gasteiger partial charge in [0.1, 0.15) is 0 Å². The third kappa shape index (κ3) is 15.6. The van der Waals surface area contributed by atoms with Gasteiger partial charge in [-0.1, -0.05) is 77.4 Å². The summed E-state index contributed by atoms with van der Waals surface area (Å²) in [5, 5.41) is 8.56. The Hall–Kier alpha value is -0.790. The van der Waals surface area contributed by atoms with Gasteiger partial charge in [0.2, 0.25) is 0 Å². The predicted molar refractivity (Wildman–Crippen MR) is 96.3 cm³/mol. The first-order valence-corrected chi connectivity index (χ1v) is 9.59. The molecule has 130 valence electrons. The van der Waals surface area contributed by atoms with E-state index in [0.717, 1.165) is 18.8 Å². The molecule has 1 N–H and O–H groups in total. The molecule has 0 amide bonds. The van der Waals surface area contributed by atoms with E-state index in [-0.39, 0.29) is 0 Å². The Kier molecular flexibility index (Phi) is 16.0. The number of aliphatic carboxylic acids is 1. The van der Waals surface area contributed by atoms with Gasteiger partial charge in [0.05, 0.1) is 0 Å². The van der Waals surface area contributed by atoms with Crippen LogP contribution in [-0.4, -0.2) is 11.1 Å². The minimum absolute atomic E-state index is 0.336. The fraction of sp³-hybridized carbons (Fsp3) is 0.850. The van der Waals surface area contributed by atoms with E-state index in [2.05, 4.69) is 26.0 Å². The van der Waals surface area contributed by atoms with Gasteiger partial charge in [0, 0.05) is 6.42 Å². The summed E-state index contributed by atoms with van der Waals surface area (Å²) in [4.78, 5) is 10.4. The molecule has 2 nitrogen and oxygen atoms in total. The summed E-state index contributed by atoms with van der Waals surface area (Å²) in [6.45, 7) is 4.55. The first-order chi connectivity index (χ1) is 10.7. The van der Waals surface area contributed by atoms with Gasteiger partial charge in [-0.05, 0) is 38.0 Å². The molecule has 0 spiro atoms. The first-order valence-electron chi connectivity index (χ1n) is 9.59. The van der Waals surface area contributed by atoms with Gasteiger partial charge in [-0.15, -0.1) is 0 Å². The molecule has 1 unspecified atom stereocenters. The molecule has 0 rings (SSSR count). The minimum Gasteiger partial charge on any atom is -0.481 e. The zero-order chi connectivity index (χ0) is 16.5. The Labute approximate surface area is 138 Å². The van der Waals surface area contributed by atoms with Crippen molar-refractivity contribution in [3.05, 3.63) is 12.2 Å². The van der Waals surface area contributed by atoms with Crippen LogP contribution in [0.5, 0.6) is 0 Å². The van der Waals surface area contributed by atoms with Crippen LogP contribution in [0.4, 0.5) is 0 Å². The molecule has 22 heavy (non-hydrogen) atoms. The quantitative estimate of drug-likeness (QED) is 0.253. The average Bonchev–Trinajstić information content (AvgIpc) is 2.50. The Morgan fingerprint density at radius 2 is 1.55 bits per heavy atom. The molecule has 0 saturated heterocycles. The van der Waals surface area contributed by atoms with Crippen molar-refractivity contribution in [1.29, 1.82) is 0 Å². The largest absolute Gasteiger partial charge is 0.481 e. The van der Waals surface area contributed by atoms with Crippen LogP contribution in [0.2, 0.25) is 0 Å². The third-order valence-electron chi connectivity index (χ3n) is 4.37. The highest BCUT2D eigenvalue weighted by Gasteiger charge is 2.01. The van der Waals surface area contributed by atoms with Gasteiger partial charge in [-0.25, -0.2) is 0 Å². The zero-order valence-corrected chi connectivity index (χ0v) is 15.0. The number of hydrogen-bond donors (Lipinski definition) is 1. The Morgan fingerprint density at radius 1 is 0.909 bits per heavy atom. The van der Waals surface area contributed by atoms with Gasteiger partial charge < -0.3 is 5.11 Å². The van der Waals surface area contributed by atoms with Crippen molar-refractivity contribution in [3.8, 4) is 0 Å². The molecule has 0 aliphatic carbocycles. The molecule has 0 fully saturated rings. The number of carbonyl (C=O) groups is 1. The van der Waals surface area contributed by atoms with E-state index in [4.69, 9.17) is 5.11 Å². The summed E-state index contributed by atoms with van der Waals surface area (Å²) >= 11 is 0. The normalized spacial score (nSPS) is 12.8. The predicted octanol–water partition coefficient (Wildman–Crippen LogP) is 6.74. The van der Waals surface area contributed by atoms with E-state index < -0.39 is 5.97 Å². The standard InChI is InChI=1S/C20H38O2/c1-3-5-6-10-13-16-19(4-2)17-14-11-8-7-9-12-15-18-20(21)22/h13,16,19H,3-12,14-15,17-18H2,1-2H3,(H,21,22)/b16-13+. The second kappa shape index (κ2) is 16.6. The lowest BCUT2D eigenvalue weighted by atomic mass is 9.96. The van der Waals surface area contributed by atoms with E-state index in [1.54, 1.807) is 0 Å². The zero-order valence-electron chi connectivity index (χ0n) is 15.0. The first kappa shape index (κ1) is 21.2. The van der Waals surface area contributed by atoms with Crippen LogP contribution in [0.1, 0.15) is 104 Å². The summed E-state index contributed by atoms with van der Waals surface area (Å²) < 4.78 is 0. The van der Waals surface area contributed by atoms with E-state index in [9.17, 15) is 4.79 Å². The van der Waals surface area contributed by atoms with Crippen molar-refractivity contribution in [2.45, 2.75) is 104 Å². The lowest BCUT2D eigenvalue weighted by Crippen LogP contribution is -1.95. The van der Waals surface area contributed by atoms with Gasteiger partial charge in [0.25, 0.3) is 0 Å². The molecule has 0 saturated carbocycles. The van der Waals surface area contributed by atoms with Gasteiger partial charge in [0.15, 0.2) is 0 Å². The summed E-state index contributed by atoms with van der Waals surface area (Å²) in [5.41, 5.74) is 0. The molecule has 0 aliphatic rings. The minimum atomic E-state index is -0.659. The lowest BCUT2D eigenvalue weighted by molar-refractivity contribution is -0.137. The molecule has 2 heteroatoms. The van der Waals surface area contributed by atoms with Crippen LogP contribution < -0.4 is 0 Å². The SMILES string of the molecule is CCCCC/C=C/C(CC)CCCCCCCCCC(=O)O. The highest BCUT2D eigenvalue weighted by atomic mass is 16.4. The molecule has 0 aromatic carbocycles. The number of carboxylic acids is 1. The van der Waals surface area contributed by atoms with Gasteiger partial charge >= 0.3 is 5.97 Å². The second-order valence-electron chi connectivity index (χ2n) is 6.50. The number of hydrogen-bond acceptors (Lipinski definition) is 1. The van der Waals surface area contributed by atoms with Crippen molar-refractivity contribution in [2.75, 3.05) is 0 Å². The highest BCUT2D eigenvalue weighted by Crippen LogP contribution is 2.17. The fourth-order valence-electron chi connectivity index (χ4n) is 2.80. The van der Waals surface area contributed by atoms with Gasteiger partial charge in [-0.3, -0.25) is 4.79 Å². The molecule has 0 heterocycles. The summed E-state index contributed by atoms with van der Waals surface area (Å²) in [6.07, 6.45) is 21.4. The van der Waals surface area contributed by atoms with E-state index in [1.807, 2.05) is 0 Å². The van der Waals surface area contributed by atoms with Crippen LogP contribution in [0.15, 0.2) is 12.2 Å². The molecule has 0 aromatic heterocycles. The molecular formula is C20H38O2. The Balaban J connectivity index is 3.41. The van der Waals surface area contributed by atoms with E-state index in [0.29, 0.717) is 6.42 Å². The third-order valence-corrected chi connectivity index (χ3v) is 4.37. The molecule has 0 aliphatic heterocycles. The van der Waals surface area contributed by atoms with Crippen molar-refractivity contribution in [1.82, 2.24) is 0 Å². The fourth-order valence-corrected chi connectivity index (χ4v) is 2.80. The number of allylic oxidation sites excluding steroid dienone is 2. The monoisotopic (exact) mass is 310 g/mol. The van der Waals surface area contributed by atoms with Crippen molar-refractivity contribution in [2.24, 2.45) is 5.92 Å². The maximum Gasteiger partial charge on any atom is 0.303 e. The average molecular weight is 311 g/mol. The molecule has 1 atom stereocenters. The van der Waals surface area contributed by atoms with Crippen LogP contribution in [0.3, 0.4) is 0 Å². The highest BCUT2D eigenvalue weighted by molar-refractivity contribution is 5.66. The maximum atomic E-state index is 10.4. The smallest absolute Gasteiger partial charge is 0.303 e. The van der Waals surface area contributed by atoms with Crippen LogP contribution in [0.25, 0.3) is 0 Å². The number of unbranched alkanes of at least 4 members (excludes halogenated alkanes) is 9. The van der Waals surface area contributed by atoms with Crippen LogP contribution >= 0.6 is 0 Å². The molecule has 0 aromatic rings.